The first kappa shape index (κ1) is 16.3. The highest BCUT2D eigenvalue weighted by Gasteiger charge is 2.37. The van der Waals surface area contributed by atoms with Crippen LogP contribution in [0.5, 0.6) is 5.75 Å². The average Bonchev–Trinajstić information content (AvgIpc) is 2.97. The van der Waals surface area contributed by atoms with Crippen molar-refractivity contribution in [2.75, 3.05) is 17.3 Å². The molecule has 1 heterocycles. The minimum absolute atomic E-state index is 0.0666. The van der Waals surface area contributed by atoms with Crippen molar-refractivity contribution in [1.29, 1.82) is 0 Å². The molecule has 0 bridgehead atoms. The lowest BCUT2D eigenvalue weighted by atomic mass is 10.2. The summed E-state index contributed by atoms with van der Waals surface area (Å²) in [5.41, 5.74) is 1.31. The molecule has 0 aromatic heterocycles. The standard InChI is InChI=1S/C18H17ClN2O3/c1-24-15-4-2-3-13(11-15)20-18(23)16-9-10-17(22)21(16)14-7-5-12(19)6-8-14/h2-8,11,16H,9-10H2,1H3,(H,20,23). The first-order valence-corrected chi connectivity index (χ1v) is 7.99. The lowest BCUT2D eigenvalue weighted by Gasteiger charge is -2.24. The number of halogens is 1. The van der Waals surface area contributed by atoms with Crippen molar-refractivity contribution in [2.24, 2.45) is 0 Å². The second-order valence-electron chi connectivity index (χ2n) is 5.52. The summed E-state index contributed by atoms with van der Waals surface area (Å²) >= 11 is 5.89. The van der Waals surface area contributed by atoms with E-state index < -0.39 is 6.04 Å². The Morgan fingerprint density at radius 2 is 2.00 bits per heavy atom. The van der Waals surface area contributed by atoms with Crippen molar-refractivity contribution >= 4 is 34.8 Å². The molecule has 5 nitrogen and oxygen atoms in total. The van der Waals surface area contributed by atoms with E-state index >= 15 is 0 Å². The van der Waals surface area contributed by atoms with Gasteiger partial charge in [-0.05, 0) is 42.8 Å². The molecule has 1 N–H and O–H groups in total. The fourth-order valence-electron chi connectivity index (χ4n) is 2.78. The fraction of sp³-hybridized carbons (Fsp3) is 0.222. The van der Waals surface area contributed by atoms with E-state index in [0.29, 0.717) is 35.0 Å². The Hall–Kier alpha value is -2.53. The van der Waals surface area contributed by atoms with Gasteiger partial charge in [-0.2, -0.15) is 0 Å². The number of hydrogen-bond acceptors (Lipinski definition) is 3. The summed E-state index contributed by atoms with van der Waals surface area (Å²) in [5.74, 6) is 0.372. The van der Waals surface area contributed by atoms with Gasteiger partial charge in [-0.1, -0.05) is 17.7 Å². The SMILES string of the molecule is COc1cccc(NC(=O)C2CCC(=O)N2c2ccc(Cl)cc2)c1. The summed E-state index contributed by atoms with van der Waals surface area (Å²) < 4.78 is 5.15. The largest absolute Gasteiger partial charge is 0.497 e. The Morgan fingerprint density at radius 1 is 1.25 bits per heavy atom. The minimum atomic E-state index is -0.537. The van der Waals surface area contributed by atoms with Crippen molar-refractivity contribution in [3.05, 3.63) is 53.6 Å². The van der Waals surface area contributed by atoms with E-state index in [1.807, 2.05) is 0 Å². The molecule has 1 fully saturated rings. The van der Waals surface area contributed by atoms with Crippen molar-refractivity contribution in [1.82, 2.24) is 0 Å². The van der Waals surface area contributed by atoms with Crippen molar-refractivity contribution < 1.29 is 14.3 Å². The zero-order valence-corrected chi connectivity index (χ0v) is 13.9. The second-order valence-corrected chi connectivity index (χ2v) is 5.95. The Kier molecular flexibility index (Phi) is 4.71. The Balaban J connectivity index is 1.80. The molecule has 1 unspecified atom stereocenters. The molecule has 2 aromatic rings. The summed E-state index contributed by atoms with van der Waals surface area (Å²) in [6.07, 6.45) is 0.829. The highest BCUT2D eigenvalue weighted by molar-refractivity contribution is 6.30. The molecule has 6 heteroatoms. The monoisotopic (exact) mass is 344 g/mol. The number of benzene rings is 2. The third-order valence-corrected chi connectivity index (χ3v) is 4.21. The van der Waals surface area contributed by atoms with Crippen LogP contribution in [0.4, 0.5) is 11.4 Å². The van der Waals surface area contributed by atoms with Crippen LogP contribution in [-0.4, -0.2) is 25.0 Å². The van der Waals surface area contributed by atoms with Crippen molar-refractivity contribution in [3.63, 3.8) is 0 Å². The molecule has 1 saturated heterocycles. The number of nitrogens with zero attached hydrogens (tertiary/aromatic N) is 1. The highest BCUT2D eigenvalue weighted by Crippen LogP contribution is 2.29. The quantitative estimate of drug-likeness (QED) is 0.923. The molecule has 124 valence electrons. The van der Waals surface area contributed by atoms with E-state index in [1.165, 1.54) is 4.90 Å². The fourth-order valence-corrected chi connectivity index (χ4v) is 2.91. The lowest BCUT2D eigenvalue weighted by Crippen LogP contribution is -2.41. The molecule has 2 amide bonds. The molecule has 0 spiro atoms. The van der Waals surface area contributed by atoms with Gasteiger partial charge in [-0.25, -0.2) is 0 Å². The predicted octanol–water partition coefficient (Wildman–Crippen LogP) is 3.48. The van der Waals surface area contributed by atoms with Gasteiger partial charge in [0, 0.05) is 28.9 Å². The molecule has 1 aliphatic rings. The van der Waals surface area contributed by atoms with E-state index in [-0.39, 0.29) is 11.8 Å². The number of methoxy groups -OCH3 is 1. The molecule has 0 aliphatic carbocycles. The van der Waals surface area contributed by atoms with E-state index in [1.54, 1.807) is 55.6 Å². The van der Waals surface area contributed by atoms with Crippen molar-refractivity contribution in [3.8, 4) is 5.75 Å². The van der Waals surface area contributed by atoms with Crippen LogP contribution in [0.15, 0.2) is 48.5 Å². The van der Waals surface area contributed by atoms with E-state index in [9.17, 15) is 9.59 Å². The van der Waals surface area contributed by atoms with E-state index in [4.69, 9.17) is 16.3 Å². The first-order valence-electron chi connectivity index (χ1n) is 7.61. The van der Waals surface area contributed by atoms with Crippen LogP contribution in [0.2, 0.25) is 5.02 Å². The number of nitrogens with one attached hydrogen (secondary N) is 1. The Labute approximate surface area is 145 Å². The zero-order valence-electron chi connectivity index (χ0n) is 13.2. The minimum Gasteiger partial charge on any atom is -0.497 e. The predicted molar refractivity (Wildman–Crippen MR) is 93.6 cm³/mol. The Morgan fingerprint density at radius 3 is 2.71 bits per heavy atom. The average molecular weight is 345 g/mol. The first-order chi connectivity index (χ1) is 11.6. The maximum atomic E-state index is 12.6. The molecular weight excluding hydrogens is 328 g/mol. The van der Waals surface area contributed by atoms with E-state index in [0.717, 1.165) is 0 Å². The van der Waals surface area contributed by atoms with Crippen LogP contribution >= 0.6 is 11.6 Å². The number of ether oxygens (including phenoxy) is 1. The number of carbonyl (C=O) groups excluding carboxylic acids is 2. The maximum Gasteiger partial charge on any atom is 0.247 e. The summed E-state index contributed by atoms with van der Waals surface area (Å²) in [5, 5.41) is 3.44. The van der Waals surface area contributed by atoms with Gasteiger partial charge in [0.15, 0.2) is 0 Å². The molecule has 2 aromatic carbocycles. The molecule has 1 atom stereocenters. The number of rotatable bonds is 4. The number of carbonyl (C=O) groups is 2. The normalized spacial score (nSPS) is 17.0. The molecule has 24 heavy (non-hydrogen) atoms. The summed E-state index contributed by atoms with van der Waals surface area (Å²) in [4.78, 5) is 26.4. The molecule has 1 aliphatic heterocycles. The molecule has 0 radical (unpaired) electrons. The van der Waals surface area contributed by atoms with E-state index in [2.05, 4.69) is 5.32 Å². The van der Waals surface area contributed by atoms with Crippen molar-refractivity contribution in [2.45, 2.75) is 18.9 Å². The summed E-state index contributed by atoms with van der Waals surface area (Å²) in [6, 6.07) is 13.5. The van der Waals surface area contributed by atoms with Gasteiger partial charge >= 0.3 is 0 Å². The molecule has 0 saturated carbocycles. The van der Waals surface area contributed by atoms with Crippen LogP contribution in [0.25, 0.3) is 0 Å². The van der Waals surface area contributed by atoms with Crippen LogP contribution < -0.4 is 15.0 Å². The molecular formula is C18H17ClN2O3. The third-order valence-electron chi connectivity index (χ3n) is 3.96. The van der Waals surface area contributed by atoms with Gasteiger partial charge in [0.05, 0.1) is 7.11 Å². The van der Waals surface area contributed by atoms with Crippen LogP contribution in [0.1, 0.15) is 12.8 Å². The third kappa shape index (κ3) is 3.36. The topological polar surface area (TPSA) is 58.6 Å². The number of amides is 2. The van der Waals surface area contributed by atoms with Gasteiger partial charge in [0.25, 0.3) is 0 Å². The molecule has 3 rings (SSSR count). The summed E-state index contributed by atoms with van der Waals surface area (Å²) in [6.45, 7) is 0. The van der Waals surface area contributed by atoms with Gasteiger partial charge in [-0.15, -0.1) is 0 Å². The zero-order chi connectivity index (χ0) is 17.1. The highest BCUT2D eigenvalue weighted by atomic mass is 35.5. The number of anilines is 2. The van der Waals surface area contributed by atoms with Gasteiger partial charge in [0.1, 0.15) is 11.8 Å². The van der Waals surface area contributed by atoms with Gasteiger partial charge in [0.2, 0.25) is 11.8 Å². The number of hydrogen-bond donors (Lipinski definition) is 1. The van der Waals surface area contributed by atoms with Gasteiger partial charge in [-0.3, -0.25) is 14.5 Å². The Bertz CT molecular complexity index is 761. The lowest BCUT2D eigenvalue weighted by molar-refractivity contribution is -0.120. The van der Waals surface area contributed by atoms with Crippen LogP contribution in [-0.2, 0) is 9.59 Å². The van der Waals surface area contributed by atoms with Crippen LogP contribution in [0.3, 0.4) is 0 Å². The maximum absolute atomic E-state index is 12.6. The summed E-state index contributed by atoms with van der Waals surface area (Å²) in [7, 11) is 1.57. The van der Waals surface area contributed by atoms with Gasteiger partial charge < -0.3 is 10.1 Å². The second kappa shape index (κ2) is 6.93. The van der Waals surface area contributed by atoms with Crippen LogP contribution in [0, 0.1) is 0 Å². The smallest absolute Gasteiger partial charge is 0.247 e.